The van der Waals surface area contributed by atoms with Crippen molar-refractivity contribution in [2.24, 2.45) is 0 Å². The first kappa shape index (κ1) is 18.6. The first-order valence-electron chi connectivity index (χ1n) is 8.07. The van der Waals surface area contributed by atoms with E-state index >= 15 is 0 Å². The van der Waals surface area contributed by atoms with Gasteiger partial charge in [0, 0.05) is 17.5 Å². The second-order valence-electron chi connectivity index (χ2n) is 7.08. The number of benzene rings is 1. The van der Waals surface area contributed by atoms with E-state index < -0.39 is 23.7 Å². The zero-order chi connectivity index (χ0) is 17.9. The van der Waals surface area contributed by atoms with Crippen molar-refractivity contribution in [3.63, 3.8) is 0 Å². The second kappa shape index (κ2) is 7.47. The number of thioether (sulfide) groups is 1. The highest BCUT2D eigenvalue weighted by atomic mass is 32.2. The van der Waals surface area contributed by atoms with E-state index in [-0.39, 0.29) is 5.25 Å². The van der Waals surface area contributed by atoms with Gasteiger partial charge in [-0.15, -0.1) is 0 Å². The van der Waals surface area contributed by atoms with Crippen LogP contribution in [0.2, 0.25) is 0 Å². The van der Waals surface area contributed by atoms with E-state index in [2.05, 4.69) is 12.1 Å². The Morgan fingerprint density at radius 3 is 2.46 bits per heavy atom. The van der Waals surface area contributed by atoms with Gasteiger partial charge in [-0.25, -0.2) is 9.59 Å². The lowest BCUT2D eigenvalue weighted by atomic mass is 10.2. The molecule has 5 nitrogen and oxygen atoms in total. The van der Waals surface area contributed by atoms with E-state index in [4.69, 9.17) is 4.74 Å². The summed E-state index contributed by atoms with van der Waals surface area (Å²) < 4.78 is 5.34. The van der Waals surface area contributed by atoms with E-state index in [1.165, 1.54) is 10.5 Å². The maximum atomic E-state index is 12.3. The number of rotatable bonds is 4. The standard InChI is InChI=1S/C18H25NO4S/c1-12-5-7-13(8-6-12)11-24-14-9-10-19(15(14)16(20)21)17(22)23-18(2,3)4/h5-8,14-15H,9-11H2,1-4H3,(H,20,21)/t14-,15+/m0/s1. The minimum atomic E-state index is -0.972. The first-order chi connectivity index (χ1) is 11.2. The van der Waals surface area contributed by atoms with Crippen LogP contribution in [0.4, 0.5) is 4.79 Å². The molecule has 1 aliphatic heterocycles. The van der Waals surface area contributed by atoms with Crippen molar-refractivity contribution in [3.05, 3.63) is 35.4 Å². The third kappa shape index (κ3) is 4.90. The normalized spacial score (nSPS) is 20.9. The molecule has 1 fully saturated rings. The van der Waals surface area contributed by atoms with Crippen molar-refractivity contribution in [1.82, 2.24) is 4.90 Å². The number of carboxylic acid groups (broad SMARTS) is 1. The first-order valence-corrected chi connectivity index (χ1v) is 9.12. The quantitative estimate of drug-likeness (QED) is 0.896. The molecule has 0 bridgehead atoms. The fourth-order valence-electron chi connectivity index (χ4n) is 2.64. The molecule has 1 amide bonds. The number of carbonyl (C=O) groups excluding carboxylic acids is 1. The molecule has 1 aromatic rings. The zero-order valence-electron chi connectivity index (χ0n) is 14.6. The third-order valence-electron chi connectivity index (χ3n) is 3.81. The van der Waals surface area contributed by atoms with Gasteiger partial charge in [-0.05, 0) is 39.7 Å². The van der Waals surface area contributed by atoms with Crippen molar-refractivity contribution >= 4 is 23.8 Å². The highest BCUT2D eigenvalue weighted by molar-refractivity contribution is 7.99. The zero-order valence-corrected chi connectivity index (χ0v) is 15.4. The minimum Gasteiger partial charge on any atom is -0.480 e. The van der Waals surface area contributed by atoms with Gasteiger partial charge in [-0.2, -0.15) is 11.8 Å². The molecule has 0 unspecified atom stereocenters. The Balaban J connectivity index is 2.01. The fraction of sp³-hybridized carbons (Fsp3) is 0.556. The van der Waals surface area contributed by atoms with Crippen molar-refractivity contribution in [2.75, 3.05) is 6.54 Å². The average molecular weight is 351 g/mol. The van der Waals surface area contributed by atoms with E-state index in [0.717, 1.165) is 11.3 Å². The largest absolute Gasteiger partial charge is 0.480 e. The van der Waals surface area contributed by atoms with Crippen LogP contribution in [0.15, 0.2) is 24.3 Å². The molecular weight excluding hydrogens is 326 g/mol. The van der Waals surface area contributed by atoms with Crippen LogP contribution in [0.3, 0.4) is 0 Å². The number of ether oxygens (including phenoxy) is 1. The van der Waals surface area contributed by atoms with Crippen LogP contribution in [0.1, 0.15) is 38.3 Å². The van der Waals surface area contributed by atoms with Gasteiger partial charge in [0.1, 0.15) is 11.6 Å². The van der Waals surface area contributed by atoms with Gasteiger partial charge in [-0.3, -0.25) is 4.90 Å². The van der Waals surface area contributed by atoms with Gasteiger partial charge in [-0.1, -0.05) is 29.8 Å². The molecule has 1 N–H and O–H groups in total. The van der Waals surface area contributed by atoms with E-state index in [1.807, 2.05) is 19.1 Å². The SMILES string of the molecule is Cc1ccc(CS[C@H]2CCN(C(=O)OC(C)(C)C)[C@H]2C(=O)O)cc1. The summed E-state index contributed by atoms with van der Waals surface area (Å²) in [4.78, 5) is 25.3. The van der Waals surface area contributed by atoms with Gasteiger partial charge in [0.05, 0.1) is 0 Å². The van der Waals surface area contributed by atoms with Crippen LogP contribution in [0, 0.1) is 6.92 Å². The Bertz CT molecular complexity index is 594. The molecule has 0 spiro atoms. The molecule has 2 rings (SSSR count). The monoisotopic (exact) mass is 351 g/mol. The smallest absolute Gasteiger partial charge is 0.411 e. The highest BCUT2D eigenvalue weighted by Gasteiger charge is 2.43. The summed E-state index contributed by atoms with van der Waals surface area (Å²) in [6.45, 7) is 7.78. The molecule has 6 heteroatoms. The van der Waals surface area contributed by atoms with Crippen molar-refractivity contribution in [3.8, 4) is 0 Å². The average Bonchev–Trinajstić information content (AvgIpc) is 2.89. The van der Waals surface area contributed by atoms with Gasteiger partial charge in [0.15, 0.2) is 0 Å². The number of hydrogen-bond donors (Lipinski definition) is 1. The molecule has 2 atom stereocenters. The van der Waals surface area contributed by atoms with Crippen molar-refractivity contribution in [1.29, 1.82) is 0 Å². The molecule has 0 saturated carbocycles. The number of amides is 1. The van der Waals surface area contributed by atoms with Crippen LogP contribution in [-0.2, 0) is 15.3 Å². The van der Waals surface area contributed by atoms with Gasteiger partial charge < -0.3 is 9.84 Å². The number of carbonyl (C=O) groups is 2. The third-order valence-corrected chi connectivity index (χ3v) is 5.23. The fourth-order valence-corrected chi connectivity index (χ4v) is 3.96. The Labute approximate surface area is 147 Å². The van der Waals surface area contributed by atoms with Crippen LogP contribution < -0.4 is 0 Å². The number of carboxylic acids is 1. The predicted molar refractivity (Wildman–Crippen MR) is 95.2 cm³/mol. The Hall–Kier alpha value is -1.69. The summed E-state index contributed by atoms with van der Waals surface area (Å²) in [6.07, 6.45) is 0.112. The Kier molecular flexibility index (Phi) is 5.80. The molecule has 1 heterocycles. The summed E-state index contributed by atoms with van der Waals surface area (Å²) in [7, 11) is 0. The molecule has 1 aliphatic rings. The molecule has 0 aliphatic carbocycles. The number of hydrogen-bond acceptors (Lipinski definition) is 4. The van der Waals surface area contributed by atoms with E-state index in [1.54, 1.807) is 32.5 Å². The summed E-state index contributed by atoms with van der Waals surface area (Å²) in [5.74, 6) is -0.239. The van der Waals surface area contributed by atoms with Crippen LogP contribution in [0.25, 0.3) is 0 Å². The van der Waals surface area contributed by atoms with Crippen molar-refractivity contribution < 1.29 is 19.4 Å². The highest BCUT2D eigenvalue weighted by Crippen LogP contribution is 2.32. The number of aliphatic carboxylic acids is 1. The minimum absolute atomic E-state index is 0.128. The second-order valence-corrected chi connectivity index (χ2v) is 8.31. The summed E-state index contributed by atoms with van der Waals surface area (Å²) in [5.41, 5.74) is 1.72. The van der Waals surface area contributed by atoms with E-state index in [9.17, 15) is 14.7 Å². The van der Waals surface area contributed by atoms with Gasteiger partial charge >= 0.3 is 12.1 Å². The predicted octanol–water partition coefficient (Wildman–Crippen LogP) is 3.69. The Morgan fingerprint density at radius 2 is 1.92 bits per heavy atom. The molecule has 0 radical (unpaired) electrons. The van der Waals surface area contributed by atoms with Gasteiger partial charge in [0.25, 0.3) is 0 Å². The topological polar surface area (TPSA) is 66.8 Å². The summed E-state index contributed by atoms with van der Waals surface area (Å²) in [6, 6.07) is 7.37. The molecule has 1 aromatic carbocycles. The Morgan fingerprint density at radius 1 is 1.29 bits per heavy atom. The number of nitrogens with zero attached hydrogens (tertiary/aromatic N) is 1. The number of likely N-dealkylation sites (tertiary alicyclic amines) is 1. The lowest BCUT2D eigenvalue weighted by Gasteiger charge is -2.28. The van der Waals surface area contributed by atoms with E-state index in [0.29, 0.717) is 13.0 Å². The lowest BCUT2D eigenvalue weighted by molar-refractivity contribution is -0.141. The molecule has 24 heavy (non-hydrogen) atoms. The molecular formula is C18H25NO4S. The maximum Gasteiger partial charge on any atom is 0.411 e. The molecule has 1 saturated heterocycles. The van der Waals surface area contributed by atoms with Crippen LogP contribution in [-0.4, -0.2) is 45.5 Å². The maximum absolute atomic E-state index is 12.3. The summed E-state index contributed by atoms with van der Waals surface area (Å²) in [5, 5.41) is 9.44. The molecule has 0 aromatic heterocycles. The summed E-state index contributed by atoms with van der Waals surface area (Å²) >= 11 is 1.59. The molecule has 132 valence electrons. The lowest BCUT2D eigenvalue weighted by Crippen LogP contribution is -2.46. The number of aryl methyl sites for hydroxylation is 1. The van der Waals surface area contributed by atoms with Crippen LogP contribution >= 0.6 is 11.8 Å². The van der Waals surface area contributed by atoms with Gasteiger partial charge in [0.2, 0.25) is 0 Å². The van der Waals surface area contributed by atoms with Crippen LogP contribution in [0.5, 0.6) is 0 Å². The van der Waals surface area contributed by atoms with Crippen molar-refractivity contribution in [2.45, 2.75) is 56.8 Å².